The Bertz CT molecular complexity index is 979. The van der Waals surface area contributed by atoms with Crippen molar-refractivity contribution in [2.75, 3.05) is 0 Å². The van der Waals surface area contributed by atoms with E-state index in [0.717, 1.165) is 36.2 Å². The molecule has 2 aromatic carbocycles. The normalized spacial score (nSPS) is 19.4. The third-order valence-electron chi connectivity index (χ3n) is 5.16. The minimum Gasteiger partial charge on any atom is -0.351 e. The average molecular weight is 462 g/mol. The highest BCUT2D eigenvalue weighted by atomic mass is 19.4. The van der Waals surface area contributed by atoms with Crippen LogP contribution >= 0.6 is 0 Å². The molecule has 0 radical (unpaired) electrons. The maximum Gasteiger partial charge on any atom is 0.416 e. The number of amides is 1. The molecule has 4 N–H and O–H groups in total. The summed E-state index contributed by atoms with van der Waals surface area (Å²) in [4.78, 5) is 17.3. The van der Waals surface area contributed by atoms with Gasteiger partial charge in [0.1, 0.15) is 6.17 Å². The number of hydrazine groups is 1. The number of benzene rings is 2. The molecule has 33 heavy (non-hydrogen) atoms. The summed E-state index contributed by atoms with van der Waals surface area (Å²) in [6.07, 6.45) is -3.12. The van der Waals surface area contributed by atoms with Crippen LogP contribution in [0.25, 0.3) is 0 Å². The van der Waals surface area contributed by atoms with Crippen LogP contribution in [-0.4, -0.2) is 23.6 Å². The summed E-state index contributed by atoms with van der Waals surface area (Å²) in [6, 6.07) is 12.5. The van der Waals surface area contributed by atoms with Crippen molar-refractivity contribution in [1.29, 1.82) is 0 Å². The van der Waals surface area contributed by atoms with Crippen molar-refractivity contribution >= 4 is 11.9 Å². The molecule has 1 aliphatic rings. The van der Waals surface area contributed by atoms with Gasteiger partial charge in [-0.3, -0.25) is 10.1 Å². The molecule has 2 atom stereocenters. The molecule has 6 nitrogen and oxygen atoms in total. The second-order valence-corrected chi connectivity index (χ2v) is 9.07. The van der Waals surface area contributed by atoms with Crippen molar-refractivity contribution in [3.8, 4) is 0 Å². The van der Waals surface area contributed by atoms with Gasteiger partial charge < -0.3 is 5.32 Å². The predicted molar refractivity (Wildman–Crippen MR) is 122 cm³/mol. The van der Waals surface area contributed by atoms with Crippen LogP contribution in [0.1, 0.15) is 67.2 Å². The lowest BCUT2D eigenvalue weighted by Gasteiger charge is -2.24. The lowest BCUT2D eigenvalue weighted by molar-refractivity contribution is -0.137. The Labute approximate surface area is 192 Å². The van der Waals surface area contributed by atoms with Crippen LogP contribution in [0.5, 0.6) is 0 Å². The Morgan fingerprint density at radius 3 is 2.21 bits per heavy atom. The summed E-state index contributed by atoms with van der Waals surface area (Å²) in [5, 5.41) is 5.85. The Hall–Kier alpha value is -2.91. The Morgan fingerprint density at radius 2 is 1.67 bits per heavy atom. The Morgan fingerprint density at radius 1 is 1.03 bits per heavy atom. The second kappa shape index (κ2) is 9.93. The predicted octanol–water partition coefficient (Wildman–Crippen LogP) is 4.31. The fourth-order valence-electron chi connectivity index (χ4n) is 3.43. The summed E-state index contributed by atoms with van der Waals surface area (Å²) >= 11 is 0. The van der Waals surface area contributed by atoms with Gasteiger partial charge in [0.2, 0.25) is 0 Å². The van der Waals surface area contributed by atoms with E-state index in [0.29, 0.717) is 6.42 Å². The molecule has 0 spiro atoms. The van der Waals surface area contributed by atoms with E-state index in [4.69, 9.17) is 0 Å². The van der Waals surface area contributed by atoms with Gasteiger partial charge in [0.15, 0.2) is 5.96 Å². The molecular formula is C24H30F3N5O. The van der Waals surface area contributed by atoms with Crippen LogP contribution < -0.4 is 21.5 Å². The first-order valence-electron chi connectivity index (χ1n) is 10.9. The summed E-state index contributed by atoms with van der Waals surface area (Å²) in [7, 11) is 0. The molecule has 1 amide bonds. The number of carbonyl (C=O) groups is 1. The average Bonchev–Trinajstić information content (AvgIpc) is 3.20. The second-order valence-electron chi connectivity index (χ2n) is 9.07. The maximum absolute atomic E-state index is 12.8. The van der Waals surface area contributed by atoms with Crippen molar-refractivity contribution in [2.24, 2.45) is 4.99 Å². The van der Waals surface area contributed by atoms with E-state index in [-0.39, 0.29) is 23.7 Å². The Balaban J connectivity index is 1.72. The number of alkyl halides is 3. The highest BCUT2D eigenvalue weighted by molar-refractivity contribution is 6.05. The molecule has 0 aromatic heterocycles. The van der Waals surface area contributed by atoms with Crippen LogP contribution in [0, 0.1) is 0 Å². The van der Waals surface area contributed by atoms with Gasteiger partial charge in [-0.25, -0.2) is 15.8 Å². The van der Waals surface area contributed by atoms with Crippen LogP contribution in [-0.2, 0) is 12.6 Å². The zero-order valence-corrected chi connectivity index (χ0v) is 19.2. The zero-order valence-electron chi connectivity index (χ0n) is 19.2. The molecule has 0 aliphatic carbocycles. The molecule has 1 heterocycles. The number of aliphatic imine (C=N–C) groups is 1. The summed E-state index contributed by atoms with van der Waals surface area (Å²) in [5.41, 5.74) is 7.67. The minimum absolute atomic E-state index is 0.0613. The van der Waals surface area contributed by atoms with E-state index in [1.54, 1.807) is 0 Å². The number of carbonyl (C=O) groups excluding carboxylic acids is 1. The molecule has 178 valence electrons. The maximum atomic E-state index is 12.8. The highest BCUT2D eigenvalue weighted by Gasteiger charge is 2.30. The Kier molecular flexibility index (Phi) is 7.44. The van der Waals surface area contributed by atoms with E-state index in [9.17, 15) is 18.0 Å². The minimum atomic E-state index is -4.45. The van der Waals surface area contributed by atoms with Gasteiger partial charge in [0, 0.05) is 23.6 Å². The molecule has 1 fully saturated rings. The molecule has 9 heteroatoms. The van der Waals surface area contributed by atoms with Crippen molar-refractivity contribution in [2.45, 2.75) is 64.5 Å². The lowest BCUT2D eigenvalue weighted by Crippen LogP contribution is -2.50. The van der Waals surface area contributed by atoms with Crippen molar-refractivity contribution in [3.05, 3.63) is 70.8 Å². The van der Waals surface area contributed by atoms with Gasteiger partial charge in [0.05, 0.1) is 5.56 Å². The molecular weight excluding hydrogens is 431 g/mol. The van der Waals surface area contributed by atoms with Gasteiger partial charge in [-0.1, -0.05) is 31.2 Å². The van der Waals surface area contributed by atoms with Crippen LogP contribution in [0.4, 0.5) is 13.2 Å². The third-order valence-corrected chi connectivity index (χ3v) is 5.16. The van der Waals surface area contributed by atoms with Crippen molar-refractivity contribution in [1.82, 2.24) is 21.5 Å². The number of halogens is 3. The highest BCUT2D eigenvalue weighted by Crippen LogP contribution is 2.29. The van der Waals surface area contributed by atoms with E-state index < -0.39 is 23.2 Å². The van der Waals surface area contributed by atoms with Crippen molar-refractivity contribution in [3.63, 3.8) is 0 Å². The summed E-state index contributed by atoms with van der Waals surface area (Å²) in [5.74, 6) is -0.300. The van der Waals surface area contributed by atoms with Gasteiger partial charge >= 0.3 is 6.18 Å². The number of hydrogen-bond donors (Lipinski definition) is 4. The largest absolute Gasteiger partial charge is 0.416 e. The molecule has 0 bridgehead atoms. The van der Waals surface area contributed by atoms with E-state index >= 15 is 0 Å². The monoisotopic (exact) mass is 461 g/mol. The van der Waals surface area contributed by atoms with Gasteiger partial charge in [-0.15, -0.1) is 0 Å². The van der Waals surface area contributed by atoms with Crippen LogP contribution in [0.3, 0.4) is 0 Å². The molecule has 3 rings (SSSR count). The molecule has 2 aromatic rings. The van der Waals surface area contributed by atoms with Gasteiger partial charge in [-0.05, 0) is 62.6 Å². The first kappa shape index (κ1) is 24.7. The number of nitrogens with one attached hydrogen (secondary N) is 4. The first-order chi connectivity index (χ1) is 15.4. The zero-order chi connectivity index (χ0) is 24.2. The quantitative estimate of drug-likeness (QED) is 0.404. The van der Waals surface area contributed by atoms with Gasteiger partial charge in [-0.2, -0.15) is 13.2 Å². The smallest absolute Gasteiger partial charge is 0.351 e. The first-order valence-corrected chi connectivity index (χ1v) is 10.9. The van der Waals surface area contributed by atoms with Crippen molar-refractivity contribution < 1.29 is 18.0 Å². The standard InChI is InChI=1S/C24H30F3N5O/c1-5-15-6-8-16(9-7-15)19-14-20(32-31-19)28-22(30-23(2,3)4)29-21(33)17-10-12-18(13-11-17)24(25,26)27/h6-13,19-20,31-32H,5,14H2,1-4H3,(H2,28,29,30,33). The lowest BCUT2D eigenvalue weighted by atomic mass is 10.0. The molecule has 0 saturated carbocycles. The van der Waals surface area contributed by atoms with E-state index in [2.05, 4.69) is 57.7 Å². The SMILES string of the molecule is CCc1ccc(C2CC(N=C(NC(=O)c3ccc(C(F)(F)F)cc3)NC(C)(C)C)NN2)cc1. The fraction of sp³-hybridized carbons (Fsp3) is 0.417. The van der Waals surface area contributed by atoms with Crippen LogP contribution in [0.2, 0.25) is 0 Å². The van der Waals surface area contributed by atoms with E-state index in [1.807, 2.05) is 20.8 Å². The third kappa shape index (κ3) is 7.03. The number of aryl methyl sites for hydroxylation is 1. The summed E-state index contributed by atoms with van der Waals surface area (Å²) in [6.45, 7) is 7.87. The number of nitrogens with zero attached hydrogens (tertiary/aromatic N) is 1. The van der Waals surface area contributed by atoms with Crippen LogP contribution in [0.15, 0.2) is 53.5 Å². The molecule has 2 unspecified atom stereocenters. The molecule has 1 aliphatic heterocycles. The fourth-order valence-corrected chi connectivity index (χ4v) is 3.43. The number of hydrogen-bond acceptors (Lipinski definition) is 4. The van der Waals surface area contributed by atoms with Gasteiger partial charge in [0.25, 0.3) is 5.91 Å². The molecule has 1 saturated heterocycles. The topological polar surface area (TPSA) is 77.5 Å². The number of guanidine groups is 1. The number of rotatable bonds is 4. The van der Waals surface area contributed by atoms with E-state index in [1.165, 1.54) is 5.56 Å². The summed E-state index contributed by atoms with van der Waals surface area (Å²) < 4.78 is 38.4.